The number of nitrogens with zero attached hydrogens (tertiary/aromatic N) is 2. The van der Waals surface area contributed by atoms with E-state index in [1.165, 1.54) is 42.4 Å². The number of anilines is 1. The summed E-state index contributed by atoms with van der Waals surface area (Å²) in [6.45, 7) is 0. The number of nitro benzene ring substituents is 1. The molecule has 0 spiro atoms. The van der Waals surface area contributed by atoms with Crippen molar-refractivity contribution in [3.05, 3.63) is 62.5 Å². The summed E-state index contributed by atoms with van der Waals surface area (Å²) in [5.41, 5.74) is -0.0177. The average Bonchev–Trinajstić information content (AvgIpc) is 2.95. The molecule has 2 N–H and O–H groups in total. The summed E-state index contributed by atoms with van der Waals surface area (Å²) in [5.74, 6) is -2.38. The van der Waals surface area contributed by atoms with Crippen molar-refractivity contribution in [3.63, 3.8) is 0 Å². The maximum absolute atomic E-state index is 12.8. The zero-order valence-electron chi connectivity index (χ0n) is 14.7. The summed E-state index contributed by atoms with van der Waals surface area (Å²) in [7, 11) is 1.25. The van der Waals surface area contributed by atoms with E-state index < -0.39 is 28.2 Å². The van der Waals surface area contributed by atoms with E-state index in [-0.39, 0.29) is 26.1 Å². The molecule has 0 bridgehead atoms. The van der Waals surface area contributed by atoms with Crippen LogP contribution in [0.5, 0.6) is 11.5 Å². The Kier molecular flexibility index (Phi) is 5.52. The summed E-state index contributed by atoms with van der Waals surface area (Å²) in [5, 5.41) is 30.1. The number of aromatic hydroxyl groups is 1. The molecule has 1 amide bonds. The first-order chi connectivity index (χ1) is 13.7. The van der Waals surface area contributed by atoms with Gasteiger partial charge in [-0.15, -0.1) is 0 Å². The summed E-state index contributed by atoms with van der Waals surface area (Å²) < 4.78 is 5.13. The SMILES string of the molecule is COc1cc(C=C2SC(=S)N(c3cccc(C(=O)O)c3)C2=O)cc([N+](=O)[O-])c1O. The Morgan fingerprint density at radius 3 is 2.69 bits per heavy atom. The molecule has 0 atom stereocenters. The van der Waals surface area contributed by atoms with Crippen molar-refractivity contribution >= 4 is 57.6 Å². The summed E-state index contributed by atoms with van der Waals surface area (Å²) in [6.07, 6.45) is 1.38. The molecule has 3 rings (SSSR count). The minimum atomic E-state index is -1.14. The van der Waals surface area contributed by atoms with Crippen LogP contribution in [-0.4, -0.2) is 38.4 Å². The number of phenolic OH excluding ortho intramolecular Hbond substituents is 1. The lowest BCUT2D eigenvalue weighted by Gasteiger charge is -2.14. The number of thiocarbonyl (C=S) groups is 1. The molecule has 9 nitrogen and oxygen atoms in total. The zero-order chi connectivity index (χ0) is 21.3. The van der Waals surface area contributed by atoms with Crippen LogP contribution in [0.4, 0.5) is 11.4 Å². The van der Waals surface area contributed by atoms with Crippen LogP contribution < -0.4 is 9.64 Å². The van der Waals surface area contributed by atoms with Crippen LogP contribution in [0.3, 0.4) is 0 Å². The first-order valence-corrected chi connectivity index (χ1v) is 9.12. The molecule has 148 valence electrons. The molecule has 1 heterocycles. The van der Waals surface area contributed by atoms with Gasteiger partial charge in [0.25, 0.3) is 5.91 Å². The fourth-order valence-corrected chi connectivity index (χ4v) is 3.91. The zero-order valence-corrected chi connectivity index (χ0v) is 16.3. The van der Waals surface area contributed by atoms with Gasteiger partial charge in [-0.1, -0.05) is 30.0 Å². The van der Waals surface area contributed by atoms with E-state index in [1.807, 2.05) is 0 Å². The van der Waals surface area contributed by atoms with E-state index in [9.17, 15) is 24.8 Å². The summed E-state index contributed by atoms with van der Waals surface area (Å²) >= 11 is 6.21. The van der Waals surface area contributed by atoms with Gasteiger partial charge in [-0.25, -0.2) is 4.79 Å². The largest absolute Gasteiger partial charge is 0.500 e. The smallest absolute Gasteiger partial charge is 0.335 e. The highest BCUT2D eigenvalue weighted by Gasteiger charge is 2.34. The van der Waals surface area contributed by atoms with Crippen LogP contribution in [-0.2, 0) is 4.79 Å². The number of carbonyl (C=O) groups is 2. The van der Waals surface area contributed by atoms with Gasteiger partial charge in [-0.2, -0.15) is 0 Å². The van der Waals surface area contributed by atoms with Crippen molar-refractivity contribution in [2.75, 3.05) is 12.0 Å². The molecule has 1 saturated heterocycles. The predicted octanol–water partition coefficient (Wildman–Crippen LogP) is 3.41. The minimum Gasteiger partial charge on any atom is -0.500 e. The monoisotopic (exact) mass is 432 g/mol. The van der Waals surface area contributed by atoms with Gasteiger partial charge in [0.2, 0.25) is 5.75 Å². The van der Waals surface area contributed by atoms with Crippen LogP contribution in [0.2, 0.25) is 0 Å². The van der Waals surface area contributed by atoms with Crippen LogP contribution in [0.15, 0.2) is 41.3 Å². The highest BCUT2D eigenvalue weighted by molar-refractivity contribution is 8.27. The van der Waals surface area contributed by atoms with Gasteiger partial charge in [0.05, 0.1) is 28.2 Å². The molecule has 2 aromatic carbocycles. The number of benzene rings is 2. The predicted molar refractivity (Wildman–Crippen MR) is 110 cm³/mol. The van der Waals surface area contributed by atoms with E-state index in [0.29, 0.717) is 5.69 Å². The highest BCUT2D eigenvalue weighted by Crippen LogP contribution is 2.40. The van der Waals surface area contributed by atoms with E-state index in [2.05, 4.69) is 0 Å². The van der Waals surface area contributed by atoms with Crippen molar-refractivity contribution in [1.29, 1.82) is 0 Å². The van der Waals surface area contributed by atoms with E-state index in [4.69, 9.17) is 22.1 Å². The number of carbonyl (C=O) groups excluding carboxylic acids is 1. The van der Waals surface area contributed by atoms with Gasteiger partial charge in [-0.05, 0) is 35.9 Å². The highest BCUT2D eigenvalue weighted by atomic mass is 32.2. The fraction of sp³-hybridized carbons (Fsp3) is 0.0556. The van der Waals surface area contributed by atoms with Crippen molar-refractivity contribution in [1.82, 2.24) is 0 Å². The maximum atomic E-state index is 12.8. The molecule has 0 aromatic heterocycles. The molecule has 0 unspecified atom stereocenters. The molecular weight excluding hydrogens is 420 g/mol. The van der Waals surface area contributed by atoms with Gasteiger partial charge >= 0.3 is 11.7 Å². The summed E-state index contributed by atoms with van der Waals surface area (Å²) in [4.78, 5) is 35.7. The third-order valence-corrected chi connectivity index (χ3v) is 5.24. The minimum absolute atomic E-state index is 0.000532. The molecule has 0 saturated carbocycles. The lowest BCUT2D eigenvalue weighted by molar-refractivity contribution is -0.386. The second-order valence-electron chi connectivity index (χ2n) is 5.72. The second-order valence-corrected chi connectivity index (χ2v) is 7.40. The molecule has 1 aliphatic heterocycles. The fourth-order valence-electron chi connectivity index (χ4n) is 2.61. The van der Waals surface area contributed by atoms with Crippen LogP contribution in [0.25, 0.3) is 6.08 Å². The Balaban J connectivity index is 2.01. The number of amides is 1. The number of nitro groups is 1. The first kappa shape index (κ1) is 20.3. The Labute approximate surface area is 173 Å². The van der Waals surface area contributed by atoms with Crippen LogP contribution in [0.1, 0.15) is 15.9 Å². The molecular formula is C18H12N2O7S2. The quantitative estimate of drug-likeness (QED) is 0.316. The third kappa shape index (κ3) is 3.91. The number of phenols is 1. The number of carboxylic acid groups (broad SMARTS) is 1. The van der Waals surface area contributed by atoms with E-state index in [0.717, 1.165) is 17.8 Å². The Morgan fingerprint density at radius 2 is 2.07 bits per heavy atom. The third-order valence-electron chi connectivity index (χ3n) is 3.94. The number of hydrogen-bond acceptors (Lipinski definition) is 8. The number of hydrogen-bond donors (Lipinski definition) is 2. The van der Waals surface area contributed by atoms with Gasteiger partial charge in [-0.3, -0.25) is 19.8 Å². The number of ether oxygens (including phenoxy) is 1. The number of aromatic carboxylic acids is 1. The van der Waals surface area contributed by atoms with Gasteiger partial charge in [0.15, 0.2) is 10.1 Å². The molecule has 1 fully saturated rings. The van der Waals surface area contributed by atoms with Crippen molar-refractivity contribution in [2.45, 2.75) is 0 Å². The summed E-state index contributed by atoms with van der Waals surface area (Å²) in [6, 6.07) is 8.21. The first-order valence-electron chi connectivity index (χ1n) is 7.89. The van der Waals surface area contributed by atoms with Crippen molar-refractivity contribution in [3.8, 4) is 11.5 Å². The maximum Gasteiger partial charge on any atom is 0.335 e. The van der Waals surface area contributed by atoms with Gasteiger partial charge in [0.1, 0.15) is 0 Å². The van der Waals surface area contributed by atoms with Crippen LogP contribution in [0, 0.1) is 10.1 Å². The molecule has 11 heteroatoms. The van der Waals surface area contributed by atoms with Crippen molar-refractivity contribution in [2.24, 2.45) is 0 Å². The van der Waals surface area contributed by atoms with Gasteiger partial charge in [0, 0.05) is 6.07 Å². The van der Waals surface area contributed by atoms with E-state index >= 15 is 0 Å². The molecule has 1 aliphatic rings. The number of carboxylic acids is 1. The number of thioether (sulfide) groups is 1. The average molecular weight is 432 g/mol. The molecule has 0 aliphatic carbocycles. The second kappa shape index (κ2) is 7.89. The Bertz CT molecular complexity index is 1100. The standard InChI is InChI=1S/C18H12N2O7S2/c1-27-13-6-9(5-12(15(13)21)20(25)26)7-14-16(22)19(18(28)29-14)11-4-2-3-10(8-11)17(23)24/h2-8,21H,1H3,(H,23,24). The normalized spacial score (nSPS) is 15.1. The topological polar surface area (TPSA) is 130 Å². The van der Waals surface area contributed by atoms with Gasteiger partial charge < -0.3 is 14.9 Å². The lowest BCUT2D eigenvalue weighted by atomic mass is 10.1. The lowest BCUT2D eigenvalue weighted by Crippen LogP contribution is -2.27. The Morgan fingerprint density at radius 1 is 1.34 bits per heavy atom. The van der Waals surface area contributed by atoms with E-state index in [1.54, 1.807) is 6.07 Å². The molecule has 29 heavy (non-hydrogen) atoms. The molecule has 0 radical (unpaired) electrons. The number of rotatable bonds is 5. The van der Waals surface area contributed by atoms with Crippen molar-refractivity contribution < 1.29 is 29.5 Å². The van der Waals surface area contributed by atoms with Crippen LogP contribution >= 0.6 is 24.0 Å². The molecule has 2 aromatic rings. The Hall–Kier alpha value is -3.44. The number of methoxy groups -OCH3 is 1.